The van der Waals surface area contributed by atoms with Crippen LogP contribution in [0.5, 0.6) is 0 Å². The van der Waals surface area contributed by atoms with E-state index in [9.17, 15) is 0 Å². The predicted octanol–water partition coefficient (Wildman–Crippen LogP) is 3.66. The van der Waals surface area contributed by atoms with Crippen molar-refractivity contribution in [3.05, 3.63) is 23.4 Å². The Morgan fingerprint density at radius 2 is 1.85 bits per heavy atom. The van der Waals surface area contributed by atoms with Crippen LogP contribution < -0.4 is 10.2 Å². The van der Waals surface area contributed by atoms with Crippen LogP contribution in [0.1, 0.15) is 56.6 Å². The summed E-state index contributed by atoms with van der Waals surface area (Å²) in [6.07, 6.45) is 9.98. The molecule has 0 unspecified atom stereocenters. The van der Waals surface area contributed by atoms with E-state index in [4.69, 9.17) is 4.98 Å². The number of nitrogens with one attached hydrogen (secondary N) is 1. The molecule has 0 saturated carbocycles. The van der Waals surface area contributed by atoms with Gasteiger partial charge in [0.05, 0.1) is 0 Å². The van der Waals surface area contributed by atoms with Crippen molar-refractivity contribution in [3.63, 3.8) is 0 Å². The molecule has 1 N–H and O–H groups in total. The van der Waals surface area contributed by atoms with Gasteiger partial charge in [0, 0.05) is 25.8 Å². The minimum Gasteiger partial charge on any atom is -0.356 e. The van der Waals surface area contributed by atoms with Gasteiger partial charge in [0.15, 0.2) is 0 Å². The van der Waals surface area contributed by atoms with Gasteiger partial charge in [-0.05, 0) is 49.9 Å². The minimum atomic E-state index is 0.932. The molecule has 3 heteroatoms. The average Bonchev–Trinajstić information content (AvgIpc) is 2.40. The zero-order chi connectivity index (χ0) is 14.2. The molecule has 1 saturated heterocycles. The molecule has 1 fully saturated rings. The van der Waals surface area contributed by atoms with E-state index in [-0.39, 0.29) is 0 Å². The highest BCUT2D eigenvalue weighted by molar-refractivity contribution is 5.47. The van der Waals surface area contributed by atoms with E-state index in [0.717, 1.165) is 13.1 Å². The van der Waals surface area contributed by atoms with E-state index < -0.39 is 0 Å². The van der Waals surface area contributed by atoms with E-state index >= 15 is 0 Å². The van der Waals surface area contributed by atoms with Crippen LogP contribution in [0.15, 0.2) is 12.3 Å². The Balaban J connectivity index is 2.00. The van der Waals surface area contributed by atoms with Gasteiger partial charge in [-0.1, -0.05) is 26.2 Å². The number of aromatic nitrogens is 1. The van der Waals surface area contributed by atoms with Crippen molar-refractivity contribution < 1.29 is 0 Å². The smallest absolute Gasteiger partial charge is 0.131 e. The third-order valence-electron chi connectivity index (χ3n) is 4.02. The predicted molar refractivity (Wildman–Crippen MR) is 86.3 cm³/mol. The summed E-state index contributed by atoms with van der Waals surface area (Å²) in [5.41, 5.74) is 2.62. The molecular formula is C17H29N3. The van der Waals surface area contributed by atoms with Crippen LogP contribution in [0, 0.1) is 6.92 Å². The van der Waals surface area contributed by atoms with Gasteiger partial charge < -0.3 is 10.2 Å². The molecule has 1 aromatic heterocycles. The molecule has 2 rings (SSSR count). The number of hydrogen-bond acceptors (Lipinski definition) is 3. The molecule has 1 aromatic rings. The number of rotatable bonds is 5. The fraction of sp³-hybridized carbons (Fsp3) is 0.706. The summed E-state index contributed by atoms with van der Waals surface area (Å²) in [6.45, 7) is 8.74. The van der Waals surface area contributed by atoms with Crippen LogP contribution in [-0.4, -0.2) is 24.6 Å². The zero-order valence-corrected chi connectivity index (χ0v) is 13.1. The van der Waals surface area contributed by atoms with Crippen molar-refractivity contribution in [2.75, 3.05) is 24.5 Å². The fourth-order valence-corrected chi connectivity index (χ4v) is 2.92. The summed E-state index contributed by atoms with van der Waals surface area (Å²) in [6, 6.07) is 2.30. The summed E-state index contributed by atoms with van der Waals surface area (Å²) in [5.74, 6) is 1.20. The van der Waals surface area contributed by atoms with Gasteiger partial charge in [-0.25, -0.2) is 4.98 Å². The van der Waals surface area contributed by atoms with Gasteiger partial charge in [0.25, 0.3) is 0 Å². The molecule has 0 bridgehead atoms. The Hall–Kier alpha value is -1.09. The van der Waals surface area contributed by atoms with Gasteiger partial charge in [-0.3, -0.25) is 0 Å². The molecule has 3 nitrogen and oxygen atoms in total. The van der Waals surface area contributed by atoms with Gasteiger partial charge in [-0.2, -0.15) is 0 Å². The Labute approximate surface area is 123 Å². The van der Waals surface area contributed by atoms with Gasteiger partial charge >= 0.3 is 0 Å². The minimum absolute atomic E-state index is 0.932. The molecule has 1 aliphatic heterocycles. The molecule has 0 aromatic carbocycles. The second kappa shape index (κ2) is 8.25. The summed E-state index contributed by atoms with van der Waals surface area (Å²) in [4.78, 5) is 7.22. The standard InChI is InChI=1S/C17H29N3/c1-3-9-18-13-16-12-15(2)17(19-14-16)20-10-7-5-4-6-8-11-20/h12,14,18H,3-11,13H2,1-2H3. The number of pyridine rings is 1. The highest BCUT2D eigenvalue weighted by atomic mass is 15.2. The summed E-state index contributed by atoms with van der Waals surface area (Å²) >= 11 is 0. The van der Waals surface area contributed by atoms with Gasteiger partial charge in [0.2, 0.25) is 0 Å². The molecular weight excluding hydrogens is 246 g/mol. The molecule has 0 amide bonds. The Bertz CT molecular complexity index is 395. The monoisotopic (exact) mass is 275 g/mol. The second-order valence-electron chi connectivity index (χ2n) is 5.92. The number of aryl methyl sites for hydroxylation is 1. The van der Waals surface area contributed by atoms with Crippen molar-refractivity contribution in [2.45, 2.75) is 58.9 Å². The maximum Gasteiger partial charge on any atom is 0.131 e. The van der Waals surface area contributed by atoms with Crippen molar-refractivity contribution in [1.29, 1.82) is 0 Å². The van der Waals surface area contributed by atoms with Crippen LogP contribution in [0.25, 0.3) is 0 Å². The van der Waals surface area contributed by atoms with Gasteiger partial charge in [0.1, 0.15) is 5.82 Å². The fourth-order valence-electron chi connectivity index (χ4n) is 2.92. The van der Waals surface area contributed by atoms with Crippen molar-refractivity contribution >= 4 is 5.82 Å². The summed E-state index contributed by atoms with van der Waals surface area (Å²) < 4.78 is 0. The van der Waals surface area contributed by atoms with Gasteiger partial charge in [-0.15, -0.1) is 0 Å². The number of nitrogens with zero attached hydrogens (tertiary/aromatic N) is 2. The lowest BCUT2D eigenvalue weighted by Gasteiger charge is -2.27. The normalized spacial score (nSPS) is 16.8. The first kappa shape index (κ1) is 15.3. The molecule has 0 atom stereocenters. The summed E-state index contributed by atoms with van der Waals surface area (Å²) in [7, 11) is 0. The topological polar surface area (TPSA) is 28.2 Å². The molecule has 1 aliphatic rings. The SMILES string of the molecule is CCCNCc1cnc(N2CCCCCCC2)c(C)c1. The van der Waals surface area contributed by atoms with E-state index in [2.05, 4.69) is 30.1 Å². The number of hydrogen-bond donors (Lipinski definition) is 1. The van der Waals surface area contributed by atoms with Crippen LogP contribution in [0.3, 0.4) is 0 Å². The van der Waals surface area contributed by atoms with Crippen LogP contribution in [-0.2, 0) is 6.54 Å². The van der Waals surface area contributed by atoms with Crippen LogP contribution >= 0.6 is 0 Å². The van der Waals surface area contributed by atoms with Crippen molar-refractivity contribution in [2.24, 2.45) is 0 Å². The molecule has 0 radical (unpaired) electrons. The van der Waals surface area contributed by atoms with E-state index in [1.54, 1.807) is 0 Å². The number of anilines is 1. The lowest BCUT2D eigenvalue weighted by atomic mass is 10.1. The largest absolute Gasteiger partial charge is 0.356 e. The second-order valence-corrected chi connectivity index (χ2v) is 5.92. The van der Waals surface area contributed by atoms with E-state index in [0.29, 0.717) is 0 Å². The zero-order valence-electron chi connectivity index (χ0n) is 13.1. The molecule has 20 heavy (non-hydrogen) atoms. The highest BCUT2D eigenvalue weighted by Crippen LogP contribution is 2.21. The quantitative estimate of drug-likeness (QED) is 0.831. The lowest BCUT2D eigenvalue weighted by molar-refractivity contribution is 0.553. The van der Waals surface area contributed by atoms with E-state index in [1.807, 2.05) is 6.20 Å². The Morgan fingerprint density at radius 3 is 2.50 bits per heavy atom. The van der Waals surface area contributed by atoms with E-state index in [1.165, 1.54) is 68.6 Å². The Morgan fingerprint density at radius 1 is 1.15 bits per heavy atom. The third kappa shape index (κ3) is 4.48. The maximum atomic E-state index is 4.74. The molecule has 0 spiro atoms. The summed E-state index contributed by atoms with van der Waals surface area (Å²) in [5, 5.41) is 3.44. The van der Waals surface area contributed by atoms with Crippen molar-refractivity contribution in [1.82, 2.24) is 10.3 Å². The third-order valence-corrected chi connectivity index (χ3v) is 4.02. The first-order chi connectivity index (χ1) is 9.81. The molecule has 0 aliphatic carbocycles. The molecule has 2 heterocycles. The molecule has 112 valence electrons. The highest BCUT2D eigenvalue weighted by Gasteiger charge is 2.12. The van der Waals surface area contributed by atoms with Crippen molar-refractivity contribution in [3.8, 4) is 0 Å². The first-order valence-corrected chi connectivity index (χ1v) is 8.22. The van der Waals surface area contributed by atoms with Crippen LogP contribution in [0.2, 0.25) is 0 Å². The lowest BCUT2D eigenvalue weighted by Crippen LogP contribution is -2.28. The maximum absolute atomic E-state index is 4.74. The Kier molecular flexibility index (Phi) is 6.31. The van der Waals surface area contributed by atoms with Crippen LogP contribution in [0.4, 0.5) is 5.82 Å². The average molecular weight is 275 g/mol. The first-order valence-electron chi connectivity index (χ1n) is 8.22.